The van der Waals surface area contributed by atoms with Crippen molar-refractivity contribution in [3.63, 3.8) is 0 Å². The third-order valence-electron chi connectivity index (χ3n) is 1.30. The number of hydrogen-bond acceptors (Lipinski definition) is 5. The van der Waals surface area contributed by atoms with Crippen LogP contribution < -0.4 is 0 Å². The van der Waals surface area contributed by atoms with Gasteiger partial charge in [0.2, 0.25) is 0 Å². The van der Waals surface area contributed by atoms with Crippen LogP contribution in [0.25, 0.3) is 0 Å². The molecular formula is C5H5NO5. The molecular weight excluding hydrogens is 154 g/mol. The van der Waals surface area contributed by atoms with Gasteiger partial charge in [-0.2, -0.15) is 5.06 Å². The number of nitrogens with zero attached hydrogens (tertiary/aromatic N) is 1. The van der Waals surface area contributed by atoms with Gasteiger partial charge < -0.3 is 4.74 Å². The highest BCUT2D eigenvalue weighted by molar-refractivity contribution is 6.03. The number of rotatable bonds is 2. The van der Waals surface area contributed by atoms with Crippen LogP contribution in [0.4, 0.5) is 0 Å². The van der Waals surface area contributed by atoms with Crippen LogP contribution in [0.2, 0.25) is 0 Å². The number of amides is 2. The lowest BCUT2D eigenvalue weighted by atomic mass is 10.3. The van der Waals surface area contributed by atoms with Crippen molar-refractivity contribution in [1.29, 1.82) is 0 Å². The van der Waals surface area contributed by atoms with Crippen LogP contribution >= 0.6 is 0 Å². The number of hydrogen-bond donors (Lipinski definition) is 1. The fraction of sp³-hybridized carbons (Fsp3) is 0.400. The summed E-state index contributed by atoms with van der Waals surface area (Å²) in [6.07, 6.45) is -1.43. The summed E-state index contributed by atoms with van der Waals surface area (Å²) in [6.45, 7) is 0.0645. The maximum Gasteiger partial charge on any atom is 0.294 e. The van der Waals surface area contributed by atoms with Crippen molar-refractivity contribution in [1.82, 2.24) is 5.06 Å². The molecule has 0 aromatic heterocycles. The van der Waals surface area contributed by atoms with Gasteiger partial charge in [-0.3, -0.25) is 19.6 Å². The van der Waals surface area contributed by atoms with Crippen molar-refractivity contribution < 1.29 is 24.3 Å². The first kappa shape index (κ1) is 7.67. The average Bonchev–Trinajstić information content (AvgIpc) is 2.19. The van der Waals surface area contributed by atoms with E-state index in [4.69, 9.17) is 5.21 Å². The van der Waals surface area contributed by atoms with Crippen molar-refractivity contribution in [2.45, 2.75) is 12.5 Å². The zero-order chi connectivity index (χ0) is 8.43. The number of ether oxygens (including phenoxy) is 1. The summed E-state index contributed by atoms with van der Waals surface area (Å²) >= 11 is 0. The number of imide groups is 1. The van der Waals surface area contributed by atoms with E-state index in [2.05, 4.69) is 4.74 Å². The number of carbonyl (C=O) groups is 3. The maximum atomic E-state index is 10.7. The van der Waals surface area contributed by atoms with E-state index in [0.717, 1.165) is 0 Å². The Morgan fingerprint density at radius 3 is 2.64 bits per heavy atom. The molecule has 2 amide bonds. The maximum absolute atomic E-state index is 10.7. The van der Waals surface area contributed by atoms with E-state index in [-0.39, 0.29) is 18.0 Å². The lowest BCUT2D eigenvalue weighted by Gasteiger charge is -2.03. The molecule has 0 aromatic carbocycles. The molecule has 0 spiro atoms. The van der Waals surface area contributed by atoms with Crippen LogP contribution in [0.1, 0.15) is 6.42 Å². The molecule has 60 valence electrons. The van der Waals surface area contributed by atoms with Crippen molar-refractivity contribution >= 4 is 18.3 Å². The third kappa shape index (κ3) is 1.20. The Hall–Kier alpha value is -1.43. The Bertz CT molecular complexity index is 213. The van der Waals surface area contributed by atoms with Gasteiger partial charge in [-0.1, -0.05) is 0 Å². The van der Waals surface area contributed by atoms with Gasteiger partial charge in [0.25, 0.3) is 18.3 Å². The topological polar surface area (TPSA) is 83.9 Å². The molecule has 1 aliphatic heterocycles. The van der Waals surface area contributed by atoms with Gasteiger partial charge in [0.05, 0.1) is 6.42 Å². The lowest BCUT2D eigenvalue weighted by molar-refractivity contribution is -0.175. The molecule has 0 bridgehead atoms. The number of hydroxylamine groups is 2. The van der Waals surface area contributed by atoms with Crippen LogP contribution in [0.5, 0.6) is 0 Å². The summed E-state index contributed by atoms with van der Waals surface area (Å²) in [5.74, 6) is -1.66. The first-order chi connectivity index (χ1) is 5.16. The molecule has 1 fully saturated rings. The van der Waals surface area contributed by atoms with Gasteiger partial charge >= 0.3 is 0 Å². The number of carbonyl (C=O) groups excluding carboxylic acids is 3. The smallest absolute Gasteiger partial charge is 0.294 e. The van der Waals surface area contributed by atoms with E-state index in [1.165, 1.54) is 0 Å². The highest BCUT2D eigenvalue weighted by atomic mass is 16.6. The van der Waals surface area contributed by atoms with E-state index in [1.807, 2.05) is 0 Å². The molecule has 1 atom stereocenters. The molecule has 0 saturated carbocycles. The van der Waals surface area contributed by atoms with E-state index >= 15 is 0 Å². The SMILES string of the molecule is O=COC1CC(=O)N(O)C1=O. The van der Waals surface area contributed by atoms with E-state index in [1.54, 1.807) is 0 Å². The molecule has 0 aliphatic carbocycles. The first-order valence-electron chi connectivity index (χ1n) is 2.81. The van der Waals surface area contributed by atoms with Crippen molar-refractivity contribution in [2.24, 2.45) is 0 Å². The molecule has 1 rings (SSSR count). The Balaban J connectivity index is 2.66. The summed E-state index contributed by atoms with van der Waals surface area (Å²) in [6, 6.07) is 0. The van der Waals surface area contributed by atoms with Gasteiger partial charge in [0.1, 0.15) is 0 Å². The second-order valence-electron chi connectivity index (χ2n) is 1.97. The molecule has 6 nitrogen and oxygen atoms in total. The Kier molecular flexibility index (Phi) is 1.86. The predicted octanol–water partition coefficient (Wildman–Crippen LogP) is -1.32. The second-order valence-corrected chi connectivity index (χ2v) is 1.97. The Labute approximate surface area is 61.3 Å². The van der Waals surface area contributed by atoms with Gasteiger partial charge in [-0.25, -0.2) is 0 Å². The monoisotopic (exact) mass is 159 g/mol. The molecule has 0 radical (unpaired) electrons. The highest BCUT2D eigenvalue weighted by Gasteiger charge is 2.39. The molecule has 1 saturated heterocycles. The van der Waals surface area contributed by atoms with E-state index in [0.29, 0.717) is 0 Å². The third-order valence-corrected chi connectivity index (χ3v) is 1.30. The summed E-state index contributed by atoms with van der Waals surface area (Å²) in [7, 11) is 0. The van der Waals surface area contributed by atoms with E-state index < -0.39 is 17.9 Å². The summed E-state index contributed by atoms with van der Waals surface area (Å²) < 4.78 is 4.20. The Morgan fingerprint density at radius 2 is 2.27 bits per heavy atom. The summed E-state index contributed by atoms with van der Waals surface area (Å²) in [5.41, 5.74) is 0. The van der Waals surface area contributed by atoms with Gasteiger partial charge in [0.15, 0.2) is 6.10 Å². The minimum absolute atomic E-state index is 0.0475. The highest BCUT2D eigenvalue weighted by Crippen LogP contribution is 2.12. The van der Waals surface area contributed by atoms with E-state index in [9.17, 15) is 14.4 Å². The average molecular weight is 159 g/mol. The van der Waals surface area contributed by atoms with Gasteiger partial charge in [-0.15, -0.1) is 0 Å². The van der Waals surface area contributed by atoms with Crippen molar-refractivity contribution in [3.05, 3.63) is 0 Å². The Morgan fingerprint density at radius 1 is 1.64 bits per heavy atom. The fourth-order valence-corrected chi connectivity index (χ4v) is 0.765. The van der Waals surface area contributed by atoms with Gasteiger partial charge in [-0.05, 0) is 0 Å². The molecule has 1 unspecified atom stereocenters. The molecule has 1 heterocycles. The quantitative estimate of drug-likeness (QED) is 0.307. The molecule has 11 heavy (non-hydrogen) atoms. The zero-order valence-electron chi connectivity index (χ0n) is 5.39. The van der Waals surface area contributed by atoms with Crippen LogP contribution in [0.3, 0.4) is 0 Å². The molecule has 0 aromatic rings. The molecule has 1 N–H and O–H groups in total. The lowest BCUT2D eigenvalue weighted by Crippen LogP contribution is -2.29. The molecule has 6 heteroatoms. The molecule has 1 aliphatic rings. The van der Waals surface area contributed by atoms with Crippen LogP contribution in [0, 0.1) is 0 Å². The summed E-state index contributed by atoms with van der Waals surface area (Å²) in [4.78, 5) is 30.9. The largest absolute Gasteiger partial charge is 0.454 e. The van der Waals surface area contributed by atoms with Gasteiger partial charge in [0, 0.05) is 0 Å². The first-order valence-corrected chi connectivity index (χ1v) is 2.81. The van der Waals surface area contributed by atoms with Crippen LogP contribution in [-0.4, -0.2) is 34.7 Å². The minimum atomic E-state index is -1.15. The summed E-state index contributed by atoms with van der Waals surface area (Å²) in [5, 5.41) is 8.55. The van der Waals surface area contributed by atoms with Crippen molar-refractivity contribution in [2.75, 3.05) is 0 Å². The van der Waals surface area contributed by atoms with Crippen LogP contribution in [0.15, 0.2) is 0 Å². The minimum Gasteiger partial charge on any atom is -0.454 e. The fourth-order valence-electron chi connectivity index (χ4n) is 0.765. The predicted molar refractivity (Wildman–Crippen MR) is 29.2 cm³/mol. The van der Waals surface area contributed by atoms with Crippen molar-refractivity contribution in [3.8, 4) is 0 Å². The normalized spacial score (nSPS) is 24.1. The zero-order valence-corrected chi connectivity index (χ0v) is 5.39. The van der Waals surface area contributed by atoms with Crippen LogP contribution in [-0.2, 0) is 19.1 Å². The second kappa shape index (κ2) is 2.67. The standard InChI is InChI=1S/C5H5NO5/c7-2-11-3-1-4(8)6(10)5(3)9/h2-3,10H,1H2.